The molecule has 0 aromatic carbocycles. The first kappa shape index (κ1) is 14.5. The van der Waals surface area contributed by atoms with E-state index in [1.165, 1.54) is 10.9 Å². The van der Waals surface area contributed by atoms with Gasteiger partial charge >= 0.3 is 5.97 Å². The van der Waals surface area contributed by atoms with Crippen LogP contribution in [0.15, 0.2) is 12.3 Å². The summed E-state index contributed by atoms with van der Waals surface area (Å²) in [6, 6.07) is 1.72. The minimum Gasteiger partial charge on any atom is -0.480 e. The molecule has 0 aliphatic carbocycles. The number of carboxylic acid groups (broad SMARTS) is 1. The van der Waals surface area contributed by atoms with Gasteiger partial charge in [-0.3, -0.25) is 4.79 Å². The molecule has 1 rings (SSSR count). The number of hydrogen-bond donors (Lipinski definition) is 3. The number of carboxylic acids is 1. The van der Waals surface area contributed by atoms with E-state index in [1.54, 1.807) is 6.07 Å². The van der Waals surface area contributed by atoms with Gasteiger partial charge in [0.1, 0.15) is 12.4 Å². The molecule has 0 atom stereocenters. The second kappa shape index (κ2) is 7.67. The molecule has 18 heavy (non-hydrogen) atoms. The number of aliphatic carboxylic acids is 1. The van der Waals surface area contributed by atoms with Gasteiger partial charge in [0.05, 0.1) is 12.8 Å². The van der Waals surface area contributed by atoms with Crippen LogP contribution in [0.5, 0.6) is 0 Å². The van der Waals surface area contributed by atoms with Crippen molar-refractivity contribution in [2.45, 2.75) is 19.4 Å². The third-order valence-corrected chi connectivity index (χ3v) is 2.51. The van der Waals surface area contributed by atoms with Gasteiger partial charge in [-0.05, 0) is 12.8 Å². The second-order valence-corrected chi connectivity index (χ2v) is 3.88. The highest BCUT2D eigenvalue weighted by atomic mass is 16.4. The average molecular weight is 257 g/mol. The third-order valence-electron chi connectivity index (χ3n) is 2.51. The van der Waals surface area contributed by atoms with Gasteiger partial charge in [0, 0.05) is 25.8 Å². The van der Waals surface area contributed by atoms with Crippen molar-refractivity contribution >= 4 is 11.8 Å². The van der Waals surface area contributed by atoms with Crippen molar-refractivity contribution in [3.8, 4) is 0 Å². The summed E-state index contributed by atoms with van der Waals surface area (Å²) < 4.78 is 1.39. The Labute approximate surface area is 105 Å². The Morgan fingerprint density at radius 3 is 2.67 bits per heavy atom. The normalized spacial score (nSPS) is 10.6. The Hall–Kier alpha value is -1.60. The summed E-state index contributed by atoms with van der Waals surface area (Å²) in [6.45, 7) is 0.964. The molecular formula is C11H19N3O4. The lowest BCUT2D eigenvalue weighted by Crippen LogP contribution is -2.31. The van der Waals surface area contributed by atoms with Crippen molar-refractivity contribution in [3.05, 3.63) is 12.3 Å². The molecule has 0 amide bonds. The second-order valence-electron chi connectivity index (χ2n) is 3.88. The summed E-state index contributed by atoms with van der Waals surface area (Å²) in [5, 5.41) is 30.5. The molecule has 7 heteroatoms. The van der Waals surface area contributed by atoms with Gasteiger partial charge in [0.15, 0.2) is 0 Å². The van der Waals surface area contributed by atoms with Crippen molar-refractivity contribution in [3.63, 3.8) is 0 Å². The Balaban J connectivity index is 2.71. The Kier molecular flexibility index (Phi) is 6.16. The van der Waals surface area contributed by atoms with Crippen LogP contribution in [0.2, 0.25) is 0 Å². The van der Waals surface area contributed by atoms with E-state index in [-0.39, 0.29) is 19.8 Å². The monoisotopic (exact) mass is 257 g/mol. The molecule has 0 saturated carbocycles. The number of carbonyl (C=O) groups is 1. The van der Waals surface area contributed by atoms with E-state index in [0.717, 1.165) is 6.42 Å². The quantitative estimate of drug-likeness (QED) is 0.518. The molecule has 0 aliphatic rings. The molecule has 1 aromatic rings. The molecule has 0 saturated heterocycles. The lowest BCUT2D eigenvalue weighted by Gasteiger charge is -2.24. The number of unbranched alkanes of at least 4 members (excludes halogenated alkanes) is 1. The highest BCUT2D eigenvalue weighted by Gasteiger charge is 2.13. The summed E-state index contributed by atoms with van der Waals surface area (Å²) >= 11 is 0. The largest absolute Gasteiger partial charge is 0.480 e. The highest BCUT2D eigenvalue weighted by molar-refractivity contribution is 5.67. The van der Waals surface area contributed by atoms with E-state index < -0.39 is 5.97 Å². The molecule has 3 N–H and O–H groups in total. The van der Waals surface area contributed by atoms with Crippen molar-refractivity contribution < 1.29 is 20.1 Å². The molecule has 1 heterocycles. The van der Waals surface area contributed by atoms with Gasteiger partial charge in [0.25, 0.3) is 0 Å². The highest BCUT2D eigenvalue weighted by Crippen LogP contribution is 2.14. The molecule has 0 aliphatic heterocycles. The Bertz CT molecular complexity index is 367. The van der Waals surface area contributed by atoms with E-state index in [4.69, 9.17) is 15.3 Å². The maximum absolute atomic E-state index is 10.7. The first-order chi connectivity index (χ1) is 8.69. The molecule has 0 fully saturated rings. The number of nitrogens with zero attached hydrogens (tertiary/aromatic N) is 3. The van der Waals surface area contributed by atoms with Crippen LogP contribution in [0, 0.1) is 0 Å². The number of aromatic nitrogens is 2. The topological polar surface area (TPSA) is 98.8 Å². The maximum Gasteiger partial charge on any atom is 0.325 e. The van der Waals surface area contributed by atoms with Crippen LogP contribution in [0.4, 0.5) is 5.82 Å². The van der Waals surface area contributed by atoms with Gasteiger partial charge in [-0.1, -0.05) is 0 Å². The molecule has 0 unspecified atom stereocenters. The zero-order valence-electron chi connectivity index (χ0n) is 10.2. The van der Waals surface area contributed by atoms with Crippen LogP contribution in [-0.2, 0) is 11.3 Å². The average Bonchev–Trinajstić information content (AvgIpc) is 2.75. The van der Waals surface area contributed by atoms with E-state index in [9.17, 15) is 4.79 Å². The SMILES string of the molecule is O=C(O)Cn1nccc1N(CCO)CCCCO. The predicted molar refractivity (Wildman–Crippen MR) is 65.5 cm³/mol. The van der Waals surface area contributed by atoms with Gasteiger partial charge in [0.2, 0.25) is 0 Å². The van der Waals surface area contributed by atoms with Gasteiger partial charge in [-0.25, -0.2) is 4.68 Å². The minimum atomic E-state index is -0.959. The molecule has 1 aromatic heterocycles. The van der Waals surface area contributed by atoms with E-state index >= 15 is 0 Å². The van der Waals surface area contributed by atoms with E-state index in [2.05, 4.69) is 5.10 Å². The smallest absolute Gasteiger partial charge is 0.325 e. The van der Waals surface area contributed by atoms with Crippen molar-refractivity contribution in [2.24, 2.45) is 0 Å². The van der Waals surface area contributed by atoms with Crippen LogP contribution < -0.4 is 4.90 Å². The first-order valence-corrected chi connectivity index (χ1v) is 5.89. The fraction of sp³-hybridized carbons (Fsp3) is 0.636. The summed E-state index contributed by atoms with van der Waals surface area (Å²) in [7, 11) is 0. The van der Waals surface area contributed by atoms with Crippen molar-refractivity contribution in [1.29, 1.82) is 0 Å². The molecule has 0 bridgehead atoms. The number of rotatable bonds is 9. The number of hydrogen-bond acceptors (Lipinski definition) is 5. The fourth-order valence-electron chi connectivity index (χ4n) is 1.72. The van der Waals surface area contributed by atoms with Crippen LogP contribution >= 0.6 is 0 Å². The maximum atomic E-state index is 10.7. The summed E-state index contributed by atoms with van der Waals surface area (Å²) in [5.74, 6) is -0.288. The lowest BCUT2D eigenvalue weighted by molar-refractivity contribution is -0.137. The number of anilines is 1. The van der Waals surface area contributed by atoms with Gasteiger partial charge in [-0.2, -0.15) is 5.10 Å². The minimum absolute atomic E-state index is 0.0165. The summed E-state index contributed by atoms with van der Waals surface area (Å²) in [4.78, 5) is 12.6. The fourth-order valence-corrected chi connectivity index (χ4v) is 1.72. The lowest BCUT2D eigenvalue weighted by atomic mass is 10.3. The zero-order chi connectivity index (χ0) is 13.4. The summed E-state index contributed by atoms with van der Waals surface area (Å²) in [6.07, 6.45) is 2.98. The molecular weight excluding hydrogens is 238 g/mol. The zero-order valence-corrected chi connectivity index (χ0v) is 10.2. The van der Waals surface area contributed by atoms with Gasteiger partial charge < -0.3 is 20.2 Å². The standard InChI is InChI=1S/C11H19N3O4/c15-7-2-1-5-13(6-8-16)10-3-4-12-14(10)9-11(17)18/h3-4,15-16H,1-2,5-9H2,(H,17,18). The van der Waals surface area contributed by atoms with Crippen LogP contribution in [0.25, 0.3) is 0 Å². The van der Waals surface area contributed by atoms with E-state index in [1.807, 2.05) is 4.90 Å². The van der Waals surface area contributed by atoms with Crippen molar-refractivity contribution in [1.82, 2.24) is 9.78 Å². The number of aliphatic hydroxyl groups is 2. The molecule has 102 valence electrons. The Morgan fingerprint density at radius 2 is 2.06 bits per heavy atom. The molecule has 0 spiro atoms. The van der Waals surface area contributed by atoms with E-state index in [0.29, 0.717) is 25.3 Å². The Morgan fingerprint density at radius 1 is 1.28 bits per heavy atom. The van der Waals surface area contributed by atoms with Gasteiger partial charge in [-0.15, -0.1) is 0 Å². The van der Waals surface area contributed by atoms with Crippen LogP contribution in [0.1, 0.15) is 12.8 Å². The van der Waals surface area contributed by atoms with Crippen LogP contribution in [-0.4, -0.2) is 57.4 Å². The summed E-state index contributed by atoms with van der Waals surface area (Å²) in [5.41, 5.74) is 0. The number of aliphatic hydroxyl groups excluding tert-OH is 2. The van der Waals surface area contributed by atoms with Crippen LogP contribution in [0.3, 0.4) is 0 Å². The third kappa shape index (κ3) is 4.34. The molecule has 7 nitrogen and oxygen atoms in total. The first-order valence-electron chi connectivity index (χ1n) is 5.89. The molecule has 0 radical (unpaired) electrons. The predicted octanol–water partition coefficient (Wildman–Crippen LogP) is -0.461. The van der Waals surface area contributed by atoms with Crippen molar-refractivity contribution in [2.75, 3.05) is 31.2 Å².